The van der Waals surface area contributed by atoms with E-state index >= 15 is 0 Å². The lowest BCUT2D eigenvalue weighted by atomic mass is 9.92. The summed E-state index contributed by atoms with van der Waals surface area (Å²) in [5.41, 5.74) is 1.64. The van der Waals surface area contributed by atoms with Gasteiger partial charge in [-0.15, -0.1) is 0 Å². The number of carbonyl (C=O) groups excluding carboxylic acids is 2. The number of rotatable bonds is 1. The maximum absolute atomic E-state index is 13.3. The second-order valence-electron chi connectivity index (χ2n) is 6.81. The van der Waals surface area contributed by atoms with Crippen molar-refractivity contribution < 1.29 is 9.59 Å². The number of nitrogens with one attached hydrogen (secondary N) is 1. The zero-order valence-electron chi connectivity index (χ0n) is 13.6. The molecule has 2 heterocycles. The lowest BCUT2D eigenvalue weighted by molar-refractivity contribution is -0.127. The van der Waals surface area contributed by atoms with E-state index in [1.54, 1.807) is 35.0 Å². The van der Waals surface area contributed by atoms with Crippen LogP contribution in [0.5, 0.6) is 0 Å². The third-order valence-corrected chi connectivity index (χ3v) is 5.52. The van der Waals surface area contributed by atoms with E-state index in [1.807, 2.05) is 24.3 Å². The van der Waals surface area contributed by atoms with Gasteiger partial charge in [-0.05, 0) is 37.1 Å². The van der Waals surface area contributed by atoms with Crippen molar-refractivity contribution in [1.29, 1.82) is 0 Å². The summed E-state index contributed by atoms with van der Waals surface area (Å²) in [7, 11) is 1.75. The fourth-order valence-electron chi connectivity index (χ4n) is 4.01. The number of likely N-dealkylation sites (N-methyl/N-ethyl adjacent to an activating group) is 1. The van der Waals surface area contributed by atoms with Gasteiger partial charge in [-0.2, -0.15) is 0 Å². The monoisotopic (exact) mass is 353 g/mol. The Labute approximate surface area is 150 Å². The Kier molecular flexibility index (Phi) is 2.82. The largest absolute Gasteiger partial charge is 0.350 e. The highest BCUT2D eigenvalue weighted by atomic mass is 35.5. The molecule has 2 aliphatic heterocycles. The number of anilines is 2. The molecule has 5 nitrogen and oxygen atoms in total. The molecule has 6 heteroatoms. The molecule has 2 aromatic rings. The lowest BCUT2D eigenvalue weighted by Crippen LogP contribution is -2.63. The van der Waals surface area contributed by atoms with Crippen LogP contribution in [0.4, 0.5) is 11.4 Å². The molecule has 1 spiro atoms. The zero-order chi connectivity index (χ0) is 17.3. The van der Waals surface area contributed by atoms with Gasteiger partial charge in [-0.1, -0.05) is 29.8 Å². The standard InChI is InChI=1S/C19H16ClN3O2/c1-22-16-5-3-2-4-14(16)19(18(22)25)21-15-9-6-11(20)10-13(15)17(24)23(19)12-7-8-12/h2-6,9-10,12,21H,7-8H2,1H3. The summed E-state index contributed by atoms with van der Waals surface area (Å²) in [5.74, 6) is -0.272. The van der Waals surface area contributed by atoms with Crippen molar-refractivity contribution in [2.45, 2.75) is 24.5 Å². The highest BCUT2D eigenvalue weighted by Gasteiger charge is 2.61. The summed E-state index contributed by atoms with van der Waals surface area (Å²) in [5, 5.41) is 3.90. The Balaban J connectivity index is 1.79. The number of halogens is 1. The first-order chi connectivity index (χ1) is 12.0. The first-order valence-electron chi connectivity index (χ1n) is 8.33. The van der Waals surface area contributed by atoms with E-state index in [4.69, 9.17) is 11.6 Å². The number of para-hydroxylation sites is 1. The summed E-state index contributed by atoms with van der Waals surface area (Å²) in [6.07, 6.45) is 1.81. The molecule has 0 saturated heterocycles. The van der Waals surface area contributed by atoms with Crippen LogP contribution in [0.3, 0.4) is 0 Å². The van der Waals surface area contributed by atoms with Gasteiger partial charge in [0.15, 0.2) is 0 Å². The Morgan fingerprint density at radius 3 is 2.68 bits per heavy atom. The van der Waals surface area contributed by atoms with E-state index in [9.17, 15) is 9.59 Å². The third-order valence-electron chi connectivity index (χ3n) is 5.29. The number of hydrogen-bond donors (Lipinski definition) is 1. The van der Waals surface area contributed by atoms with Crippen LogP contribution < -0.4 is 10.2 Å². The van der Waals surface area contributed by atoms with Gasteiger partial charge >= 0.3 is 0 Å². The summed E-state index contributed by atoms with van der Waals surface area (Å²) < 4.78 is 0. The predicted octanol–water partition coefficient (Wildman–Crippen LogP) is 3.20. The molecule has 1 saturated carbocycles. The highest BCUT2D eigenvalue weighted by Crippen LogP contribution is 2.51. The maximum atomic E-state index is 13.3. The van der Waals surface area contributed by atoms with E-state index < -0.39 is 5.66 Å². The van der Waals surface area contributed by atoms with Crippen molar-refractivity contribution in [3.8, 4) is 0 Å². The molecule has 25 heavy (non-hydrogen) atoms. The van der Waals surface area contributed by atoms with Gasteiger partial charge in [0.25, 0.3) is 11.8 Å². The minimum absolute atomic E-state index is 0.0654. The van der Waals surface area contributed by atoms with Gasteiger partial charge in [0.1, 0.15) is 0 Å². The lowest BCUT2D eigenvalue weighted by Gasteiger charge is -2.45. The van der Waals surface area contributed by atoms with Crippen LogP contribution in [0.15, 0.2) is 42.5 Å². The van der Waals surface area contributed by atoms with Crippen molar-refractivity contribution in [1.82, 2.24) is 4.90 Å². The molecular weight excluding hydrogens is 338 g/mol. The normalized spacial score (nSPS) is 24.4. The fraction of sp³-hybridized carbons (Fsp3) is 0.263. The number of hydrogen-bond acceptors (Lipinski definition) is 3. The van der Waals surface area contributed by atoms with Crippen molar-refractivity contribution >= 4 is 34.8 Å². The van der Waals surface area contributed by atoms with E-state index in [1.165, 1.54) is 0 Å². The van der Waals surface area contributed by atoms with Crippen molar-refractivity contribution in [3.63, 3.8) is 0 Å². The SMILES string of the molecule is CN1C(=O)C2(Nc3ccc(Cl)cc3C(=O)N2C2CC2)c2ccccc21. The Morgan fingerprint density at radius 2 is 1.92 bits per heavy atom. The predicted molar refractivity (Wildman–Crippen MR) is 95.8 cm³/mol. The van der Waals surface area contributed by atoms with Crippen LogP contribution in [0, 0.1) is 0 Å². The van der Waals surface area contributed by atoms with Crippen LogP contribution in [0.1, 0.15) is 28.8 Å². The molecule has 1 aliphatic carbocycles. The van der Waals surface area contributed by atoms with Gasteiger partial charge < -0.3 is 15.1 Å². The Bertz CT molecular complexity index is 940. The number of benzene rings is 2. The van der Waals surface area contributed by atoms with E-state index in [0.29, 0.717) is 16.3 Å². The molecule has 0 aromatic heterocycles. The second-order valence-corrected chi connectivity index (χ2v) is 7.25. The van der Waals surface area contributed by atoms with Gasteiger partial charge in [0.05, 0.1) is 11.3 Å². The molecule has 2 aromatic carbocycles. The first-order valence-corrected chi connectivity index (χ1v) is 8.71. The third kappa shape index (κ3) is 1.79. The average molecular weight is 354 g/mol. The number of carbonyl (C=O) groups is 2. The summed E-state index contributed by atoms with van der Waals surface area (Å²) in [6, 6.07) is 12.9. The summed E-state index contributed by atoms with van der Waals surface area (Å²) in [6.45, 7) is 0. The molecule has 1 unspecified atom stereocenters. The molecule has 1 N–H and O–H groups in total. The number of fused-ring (bicyclic) bond motifs is 3. The molecule has 1 fully saturated rings. The molecule has 0 bridgehead atoms. The van der Waals surface area contributed by atoms with Crippen LogP contribution in [0.25, 0.3) is 0 Å². The van der Waals surface area contributed by atoms with Gasteiger partial charge in [-0.3, -0.25) is 9.59 Å². The minimum Gasteiger partial charge on any atom is -0.350 e. The molecule has 1 atom stereocenters. The Hall–Kier alpha value is -2.53. The first kappa shape index (κ1) is 14.8. The van der Waals surface area contributed by atoms with Gasteiger partial charge in [0.2, 0.25) is 5.66 Å². The highest BCUT2D eigenvalue weighted by molar-refractivity contribution is 6.31. The van der Waals surface area contributed by atoms with Gasteiger partial charge in [0, 0.05) is 29.4 Å². The maximum Gasteiger partial charge on any atom is 0.278 e. The van der Waals surface area contributed by atoms with Crippen molar-refractivity contribution in [2.75, 3.05) is 17.3 Å². The average Bonchev–Trinajstić information content (AvgIpc) is 3.42. The summed E-state index contributed by atoms with van der Waals surface area (Å²) in [4.78, 5) is 30.0. The smallest absolute Gasteiger partial charge is 0.278 e. The Morgan fingerprint density at radius 1 is 1.16 bits per heavy atom. The van der Waals surface area contributed by atoms with Crippen LogP contribution in [-0.2, 0) is 10.5 Å². The van der Waals surface area contributed by atoms with Gasteiger partial charge in [-0.25, -0.2) is 0 Å². The molecule has 0 radical (unpaired) electrons. The van der Waals surface area contributed by atoms with Crippen LogP contribution >= 0.6 is 11.6 Å². The topological polar surface area (TPSA) is 52.7 Å². The number of nitrogens with zero attached hydrogens (tertiary/aromatic N) is 2. The quantitative estimate of drug-likeness (QED) is 0.856. The van der Waals surface area contributed by atoms with E-state index in [0.717, 1.165) is 24.1 Å². The molecule has 126 valence electrons. The molecule has 3 aliphatic rings. The summed E-state index contributed by atoms with van der Waals surface area (Å²) >= 11 is 6.10. The molecular formula is C19H16ClN3O2. The molecule has 5 rings (SSSR count). The minimum atomic E-state index is -1.18. The van der Waals surface area contributed by atoms with E-state index in [2.05, 4.69) is 5.32 Å². The molecule has 2 amide bonds. The fourth-order valence-corrected chi connectivity index (χ4v) is 4.18. The van der Waals surface area contributed by atoms with Crippen LogP contribution in [0.2, 0.25) is 5.02 Å². The second kappa shape index (κ2) is 4.76. The van der Waals surface area contributed by atoms with Crippen molar-refractivity contribution in [2.24, 2.45) is 0 Å². The van der Waals surface area contributed by atoms with E-state index in [-0.39, 0.29) is 17.9 Å². The number of amides is 2. The zero-order valence-corrected chi connectivity index (χ0v) is 14.4. The van der Waals surface area contributed by atoms with Crippen molar-refractivity contribution in [3.05, 3.63) is 58.6 Å². The van der Waals surface area contributed by atoms with Crippen LogP contribution in [-0.4, -0.2) is 29.8 Å².